The highest BCUT2D eigenvalue weighted by Crippen LogP contribution is 2.45. The van der Waals surface area contributed by atoms with E-state index >= 15 is 0 Å². The summed E-state index contributed by atoms with van der Waals surface area (Å²) in [6, 6.07) is -0.718. The van der Waals surface area contributed by atoms with E-state index in [1.54, 1.807) is 6.92 Å². The van der Waals surface area contributed by atoms with Crippen LogP contribution in [-0.4, -0.2) is 66.0 Å². The fourth-order valence-corrected chi connectivity index (χ4v) is 5.19. The van der Waals surface area contributed by atoms with Crippen molar-refractivity contribution < 1.29 is 23.1 Å². The highest BCUT2D eigenvalue weighted by atomic mass is 32.2. The van der Waals surface area contributed by atoms with Crippen molar-refractivity contribution in [1.82, 2.24) is 8.61 Å². The highest BCUT2D eigenvalue weighted by molar-refractivity contribution is 7.86. The van der Waals surface area contributed by atoms with Crippen molar-refractivity contribution in [2.75, 3.05) is 26.2 Å². The lowest BCUT2D eigenvalue weighted by Gasteiger charge is -2.47. The van der Waals surface area contributed by atoms with Gasteiger partial charge in [-0.2, -0.15) is 17.0 Å². The average Bonchev–Trinajstić information content (AvgIpc) is 3.11. The quantitative estimate of drug-likeness (QED) is 0.704. The topological polar surface area (TPSA) is 87.2 Å². The van der Waals surface area contributed by atoms with Crippen molar-refractivity contribution in [2.24, 2.45) is 5.92 Å². The van der Waals surface area contributed by atoms with Crippen LogP contribution in [0.3, 0.4) is 0 Å². The summed E-state index contributed by atoms with van der Waals surface area (Å²) < 4.78 is 32.7. The van der Waals surface area contributed by atoms with E-state index < -0.39 is 27.8 Å². The maximum absolute atomic E-state index is 12.6. The van der Waals surface area contributed by atoms with Gasteiger partial charge < -0.3 is 9.84 Å². The zero-order valence-electron chi connectivity index (χ0n) is 12.2. The minimum absolute atomic E-state index is 0.145. The Morgan fingerprint density at radius 2 is 2.00 bits per heavy atom. The molecule has 1 atom stereocenters. The summed E-state index contributed by atoms with van der Waals surface area (Å²) in [7, 11) is -3.69. The Kier molecular flexibility index (Phi) is 3.76. The number of hydrogen-bond donors (Lipinski definition) is 1. The number of β-amino-alcohol motifs (C(OH)–C–C–N with tert-alkyl or cyclic N) is 1. The molecule has 1 N–H and O–H groups in total. The van der Waals surface area contributed by atoms with Crippen LogP contribution in [-0.2, 0) is 19.7 Å². The number of ether oxygens (including phenoxy) is 1. The van der Waals surface area contributed by atoms with Gasteiger partial charge in [0.25, 0.3) is 10.2 Å². The Hall–Kier alpha value is -0.700. The molecular formula is C13H22N2O5S. The molecule has 2 heterocycles. The molecule has 2 aliphatic heterocycles. The number of esters is 1. The van der Waals surface area contributed by atoms with Crippen molar-refractivity contribution in [2.45, 2.75) is 44.2 Å². The molecule has 0 amide bonds. The SMILES string of the molecule is CCOC(=O)C1CCCN1S(=O)(=O)N1CC(O)(C2CC2)C1. The summed E-state index contributed by atoms with van der Waals surface area (Å²) >= 11 is 0. The number of nitrogens with zero attached hydrogens (tertiary/aromatic N) is 2. The van der Waals surface area contributed by atoms with Gasteiger partial charge in [0.05, 0.1) is 12.2 Å². The highest BCUT2D eigenvalue weighted by Gasteiger charge is 2.57. The molecule has 3 fully saturated rings. The van der Waals surface area contributed by atoms with Gasteiger partial charge in [-0.05, 0) is 38.5 Å². The molecule has 1 saturated carbocycles. The fraction of sp³-hybridized carbons (Fsp3) is 0.923. The normalized spacial score (nSPS) is 30.1. The van der Waals surface area contributed by atoms with Crippen molar-refractivity contribution in [3.63, 3.8) is 0 Å². The van der Waals surface area contributed by atoms with Crippen molar-refractivity contribution >= 4 is 16.2 Å². The summed E-state index contributed by atoms with van der Waals surface area (Å²) in [5.41, 5.74) is -0.855. The molecule has 120 valence electrons. The van der Waals surface area contributed by atoms with Gasteiger partial charge in [0.1, 0.15) is 6.04 Å². The molecular weight excluding hydrogens is 296 g/mol. The van der Waals surface area contributed by atoms with Gasteiger partial charge in [0.2, 0.25) is 0 Å². The number of aliphatic hydroxyl groups is 1. The Balaban J connectivity index is 1.68. The number of hydrogen-bond acceptors (Lipinski definition) is 5. The molecule has 3 rings (SSSR count). The summed E-state index contributed by atoms with van der Waals surface area (Å²) in [4.78, 5) is 11.9. The van der Waals surface area contributed by atoms with Crippen LogP contribution in [0.15, 0.2) is 0 Å². The Bertz CT molecular complexity index is 525. The van der Waals surface area contributed by atoms with E-state index in [2.05, 4.69) is 0 Å². The lowest BCUT2D eigenvalue weighted by atomic mass is 9.91. The number of rotatable bonds is 5. The largest absolute Gasteiger partial charge is 0.465 e. The second-order valence-corrected chi connectivity index (χ2v) is 8.06. The van der Waals surface area contributed by atoms with E-state index in [-0.39, 0.29) is 25.6 Å². The van der Waals surface area contributed by atoms with Crippen molar-refractivity contribution in [3.05, 3.63) is 0 Å². The molecule has 0 aromatic heterocycles. The van der Waals surface area contributed by atoms with Crippen LogP contribution >= 0.6 is 0 Å². The first-order valence-electron chi connectivity index (χ1n) is 7.54. The molecule has 2 saturated heterocycles. The molecule has 0 radical (unpaired) electrons. The van der Waals surface area contributed by atoms with Crippen molar-refractivity contribution in [1.29, 1.82) is 0 Å². The third-order valence-electron chi connectivity index (χ3n) is 4.62. The summed E-state index contributed by atoms with van der Waals surface area (Å²) in [5.74, 6) is -0.236. The zero-order chi connectivity index (χ0) is 15.3. The van der Waals surface area contributed by atoms with Crippen LogP contribution in [0.5, 0.6) is 0 Å². The molecule has 21 heavy (non-hydrogen) atoms. The molecule has 0 aromatic rings. The van der Waals surface area contributed by atoms with Gasteiger partial charge in [-0.3, -0.25) is 4.79 Å². The van der Waals surface area contributed by atoms with Crippen LogP contribution in [0, 0.1) is 5.92 Å². The van der Waals surface area contributed by atoms with Crippen LogP contribution in [0.1, 0.15) is 32.6 Å². The van der Waals surface area contributed by atoms with Gasteiger partial charge in [-0.1, -0.05) is 0 Å². The third-order valence-corrected chi connectivity index (χ3v) is 6.56. The first kappa shape index (κ1) is 15.2. The van der Waals surface area contributed by atoms with Gasteiger partial charge in [-0.15, -0.1) is 0 Å². The van der Waals surface area contributed by atoms with Crippen LogP contribution < -0.4 is 0 Å². The van der Waals surface area contributed by atoms with Gasteiger partial charge in [0.15, 0.2) is 0 Å². The maximum Gasteiger partial charge on any atom is 0.324 e. The lowest BCUT2D eigenvalue weighted by molar-refractivity contribution is -0.147. The predicted molar refractivity (Wildman–Crippen MR) is 74.5 cm³/mol. The molecule has 0 aromatic carbocycles. The number of carbonyl (C=O) groups excluding carboxylic acids is 1. The van der Waals surface area contributed by atoms with Crippen LogP contribution in [0.4, 0.5) is 0 Å². The van der Waals surface area contributed by atoms with Crippen LogP contribution in [0.2, 0.25) is 0 Å². The van der Waals surface area contributed by atoms with Crippen molar-refractivity contribution in [3.8, 4) is 0 Å². The standard InChI is InChI=1S/C13H22N2O5S/c1-2-20-12(16)11-4-3-7-15(11)21(18,19)14-8-13(17,9-14)10-5-6-10/h10-11,17H,2-9H2,1H3. The minimum Gasteiger partial charge on any atom is -0.465 e. The third kappa shape index (κ3) is 2.58. The summed E-state index contributed by atoms with van der Waals surface area (Å²) in [5, 5.41) is 10.3. The van der Waals surface area contributed by atoms with E-state index in [0.29, 0.717) is 19.4 Å². The van der Waals surface area contributed by atoms with Gasteiger partial charge >= 0.3 is 5.97 Å². The molecule has 0 bridgehead atoms. The second kappa shape index (κ2) is 5.19. The Labute approximate surface area is 125 Å². The Morgan fingerprint density at radius 3 is 2.57 bits per heavy atom. The predicted octanol–water partition coefficient (Wildman–Crippen LogP) is -0.285. The molecule has 0 spiro atoms. The first-order chi connectivity index (χ1) is 9.88. The van der Waals surface area contributed by atoms with E-state index in [9.17, 15) is 18.3 Å². The lowest BCUT2D eigenvalue weighted by Crippen LogP contribution is -2.67. The smallest absolute Gasteiger partial charge is 0.324 e. The van der Waals surface area contributed by atoms with Gasteiger partial charge in [0, 0.05) is 19.6 Å². The molecule has 3 aliphatic rings. The second-order valence-electron chi connectivity index (χ2n) is 6.17. The molecule has 1 aliphatic carbocycles. The zero-order valence-corrected chi connectivity index (χ0v) is 13.0. The average molecular weight is 318 g/mol. The number of carbonyl (C=O) groups is 1. The fourth-order valence-electron chi connectivity index (χ4n) is 3.25. The van der Waals surface area contributed by atoms with E-state index in [1.165, 1.54) is 8.61 Å². The van der Waals surface area contributed by atoms with E-state index in [0.717, 1.165) is 12.8 Å². The maximum atomic E-state index is 12.6. The van der Waals surface area contributed by atoms with Crippen LogP contribution in [0.25, 0.3) is 0 Å². The Morgan fingerprint density at radius 1 is 1.33 bits per heavy atom. The molecule has 1 unspecified atom stereocenters. The van der Waals surface area contributed by atoms with E-state index in [1.807, 2.05) is 0 Å². The summed E-state index contributed by atoms with van der Waals surface area (Å²) in [6.45, 7) is 2.58. The summed E-state index contributed by atoms with van der Waals surface area (Å²) in [6.07, 6.45) is 3.10. The van der Waals surface area contributed by atoms with E-state index in [4.69, 9.17) is 4.74 Å². The minimum atomic E-state index is -3.69. The molecule has 8 heteroatoms. The monoisotopic (exact) mass is 318 g/mol. The van der Waals surface area contributed by atoms with Gasteiger partial charge in [-0.25, -0.2) is 0 Å². The first-order valence-corrected chi connectivity index (χ1v) is 8.94. The molecule has 7 nitrogen and oxygen atoms in total.